The molecule has 1 heterocycles. The predicted molar refractivity (Wildman–Crippen MR) is 109 cm³/mol. The molecule has 140 valence electrons. The van der Waals surface area contributed by atoms with Crippen LogP contribution in [0.25, 0.3) is 10.8 Å². The van der Waals surface area contributed by atoms with Crippen LogP contribution in [0.15, 0.2) is 88.1 Å². The molecule has 0 saturated heterocycles. The molecule has 0 amide bonds. The summed E-state index contributed by atoms with van der Waals surface area (Å²) in [4.78, 5) is 12.4. The molecular weight excluding hydrogens is 352 g/mol. The average Bonchev–Trinajstić information content (AvgIpc) is 2.71. The summed E-state index contributed by atoms with van der Waals surface area (Å²) in [6.45, 7) is 2.54. The molecule has 0 saturated carbocycles. The van der Waals surface area contributed by atoms with Gasteiger partial charge in [0.25, 0.3) is 0 Å². The first-order valence-electron chi connectivity index (χ1n) is 9.11. The van der Waals surface area contributed by atoms with Crippen LogP contribution in [-0.4, -0.2) is 0 Å². The molecule has 0 fully saturated rings. The van der Waals surface area contributed by atoms with Gasteiger partial charge in [-0.1, -0.05) is 60.7 Å². The Kier molecular flexibility index (Phi) is 5.11. The topological polar surface area (TPSA) is 48.7 Å². The summed E-state index contributed by atoms with van der Waals surface area (Å²) >= 11 is 0. The fourth-order valence-electron chi connectivity index (χ4n) is 3.06. The van der Waals surface area contributed by atoms with Crippen molar-refractivity contribution in [2.75, 3.05) is 0 Å². The second-order valence-corrected chi connectivity index (χ2v) is 6.58. The zero-order chi connectivity index (χ0) is 19.3. The van der Waals surface area contributed by atoms with Crippen LogP contribution in [0.5, 0.6) is 11.5 Å². The van der Waals surface area contributed by atoms with E-state index >= 15 is 0 Å². The summed E-state index contributed by atoms with van der Waals surface area (Å²) in [5.74, 6) is 1.65. The highest BCUT2D eigenvalue weighted by atomic mass is 16.5. The van der Waals surface area contributed by atoms with E-state index in [9.17, 15) is 4.79 Å². The second kappa shape index (κ2) is 8.01. The Bertz CT molecular complexity index is 1130. The van der Waals surface area contributed by atoms with Crippen LogP contribution in [-0.2, 0) is 13.2 Å². The van der Waals surface area contributed by atoms with Gasteiger partial charge in [-0.05, 0) is 35.6 Å². The highest BCUT2D eigenvalue weighted by molar-refractivity contribution is 5.88. The Balaban J connectivity index is 1.67. The Morgan fingerprint density at radius 2 is 1.39 bits per heavy atom. The maximum atomic E-state index is 12.4. The third-order valence-electron chi connectivity index (χ3n) is 4.41. The van der Waals surface area contributed by atoms with E-state index < -0.39 is 5.63 Å². The molecule has 4 rings (SSSR count). The number of hydrogen-bond donors (Lipinski definition) is 0. The van der Waals surface area contributed by atoms with Crippen molar-refractivity contribution in [3.05, 3.63) is 106 Å². The second-order valence-electron chi connectivity index (χ2n) is 6.58. The number of aryl methyl sites for hydroxylation is 1. The van der Waals surface area contributed by atoms with E-state index in [-0.39, 0.29) is 0 Å². The predicted octanol–water partition coefficient (Wildman–Crippen LogP) is 5.26. The number of rotatable bonds is 6. The fraction of sp³-hybridized carbons (Fsp3) is 0.125. The maximum Gasteiger partial charge on any atom is 0.347 e. The van der Waals surface area contributed by atoms with E-state index in [0.29, 0.717) is 35.9 Å². The minimum atomic E-state index is -0.410. The summed E-state index contributed by atoms with van der Waals surface area (Å²) in [5.41, 5.74) is 1.67. The highest BCUT2D eigenvalue weighted by Gasteiger charge is 2.13. The lowest BCUT2D eigenvalue weighted by molar-refractivity contribution is 0.292. The zero-order valence-corrected chi connectivity index (χ0v) is 15.6. The monoisotopic (exact) mass is 372 g/mol. The Labute approximate surface area is 163 Å². The van der Waals surface area contributed by atoms with Gasteiger partial charge in [-0.25, -0.2) is 4.79 Å². The molecule has 1 aromatic heterocycles. The lowest BCUT2D eigenvalue weighted by atomic mass is 10.1. The van der Waals surface area contributed by atoms with Crippen LogP contribution in [0.2, 0.25) is 0 Å². The van der Waals surface area contributed by atoms with Crippen LogP contribution in [0.1, 0.15) is 16.9 Å². The Morgan fingerprint density at radius 3 is 2.04 bits per heavy atom. The van der Waals surface area contributed by atoms with E-state index in [1.54, 1.807) is 13.0 Å². The van der Waals surface area contributed by atoms with Gasteiger partial charge in [-0.15, -0.1) is 0 Å². The van der Waals surface area contributed by atoms with Gasteiger partial charge >= 0.3 is 5.63 Å². The molecule has 0 bridgehead atoms. The van der Waals surface area contributed by atoms with Crippen LogP contribution >= 0.6 is 0 Å². The van der Waals surface area contributed by atoms with Gasteiger partial charge in [0.2, 0.25) is 0 Å². The number of hydrogen-bond acceptors (Lipinski definition) is 4. The smallest absolute Gasteiger partial charge is 0.347 e. The molecule has 28 heavy (non-hydrogen) atoms. The molecule has 0 aliphatic carbocycles. The third kappa shape index (κ3) is 4.07. The fourth-order valence-corrected chi connectivity index (χ4v) is 3.06. The van der Waals surface area contributed by atoms with Gasteiger partial charge in [-0.3, -0.25) is 0 Å². The number of ether oxygens (including phenoxy) is 2. The van der Waals surface area contributed by atoms with Gasteiger partial charge in [0, 0.05) is 6.07 Å². The first-order valence-corrected chi connectivity index (χ1v) is 9.11. The minimum Gasteiger partial charge on any atom is -0.489 e. The van der Waals surface area contributed by atoms with Crippen molar-refractivity contribution in [1.29, 1.82) is 0 Å². The summed E-state index contributed by atoms with van der Waals surface area (Å²) in [7, 11) is 0. The van der Waals surface area contributed by atoms with E-state index in [1.807, 2.05) is 72.8 Å². The molecule has 0 aliphatic heterocycles. The van der Waals surface area contributed by atoms with E-state index in [1.165, 1.54) is 0 Å². The van der Waals surface area contributed by atoms with Crippen LogP contribution < -0.4 is 15.1 Å². The number of benzene rings is 3. The van der Waals surface area contributed by atoms with Crippen molar-refractivity contribution in [2.45, 2.75) is 20.1 Å². The molecule has 4 aromatic rings. The van der Waals surface area contributed by atoms with Gasteiger partial charge in [0.1, 0.15) is 35.9 Å². The van der Waals surface area contributed by atoms with E-state index in [0.717, 1.165) is 16.5 Å². The SMILES string of the molecule is Cc1cc2cc(OCc3ccccc3)cc(OCc3ccccc3)c2c(=O)o1. The van der Waals surface area contributed by atoms with Gasteiger partial charge in [0.15, 0.2) is 0 Å². The molecule has 0 N–H and O–H groups in total. The first-order chi connectivity index (χ1) is 13.7. The first kappa shape index (κ1) is 17.9. The lowest BCUT2D eigenvalue weighted by Gasteiger charge is -2.13. The third-order valence-corrected chi connectivity index (χ3v) is 4.41. The largest absolute Gasteiger partial charge is 0.489 e. The standard InChI is InChI=1S/C24H20O4/c1-17-12-20-13-21(26-15-18-8-4-2-5-9-18)14-22(23(20)24(25)28-17)27-16-19-10-6-3-7-11-19/h2-14H,15-16H2,1H3. The van der Waals surface area contributed by atoms with Crippen molar-refractivity contribution in [3.63, 3.8) is 0 Å². The normalized spacial score (nSPS) is 10.8. The Hall–Kier alpha value is -3.53. The van der Waals surface area contributed by atoms with E-state index in [4.69, 9.17) is 13.9 Å². The molecule has 0 spiro atoms. The number of fused-ring (bicyclic) bond motifs is 1. The van der Waals surface area contributed by atoms with Crippen molar-refractivity contribution < 1.29 is 13.9 Å². The summed E-state index contributed by atoms with van der Waals surface area (Å²) < 4.78 is 17.2. The van der Waals surface area contributed by atoms with Gasteiger partial charge in [-0.2, -0.15) is 0 Å². The molecule has 0 atom stereocenters. The highest BCUT2D eigenvalue weighted by Crippen LogP contribution is 2.31. The van der Waals surface area contributed by atoms with Crippen molar-refractivity contribution in [2.24, 2.45) is 0 Å². The van der Waals surface area contributed by atoms with E-state index in [2.05, 4.69) is 0 Å². The quantitative estimate of drug-likeness (QED) is 0.463. The van der Waals surface area contributed by atoms with Gasteiger partial charge in [0.05, 0.1) is 0 Å². The van der Waals surface area contributed by atoms with Crippen LogP contribution in [0.3, 0.4) is 0 Å². The minimum absolute atomic E-state index is 0.353. The molecule has 4 nitrogen and oxygen atoms in total. The molecule has 3 aromatic carbocycles. The van der Waals surface area contributed by atoms with Gasteiger partial charge < -0.3 is 13.9 Å². The summed E-state index contributed by atoms with van der Waals surface area (Å²) in [6, 6.07) is 25.2. The molecule has 4 heteroatoms. The molecule has 0 radical (unpaired) electrons. The van der Waals surface area contributed by atoms with Crippen molar-refractivity contribution >= 4 is 10.8 Å². The summed E-state index contributed by atoms with van der Waals surface area (Å²) in [5, 5.41) is 1.16. The Morgan fingerprint density at radius 1 is 0.786 bits per heavy atom. The average molecular weight is 372 g/mol. The molecular formula is C24H20O4. The molecule has 0 aliphatic rings. The summed E-state index contributed by atoms with van der Waals surface area (Å²) in [6.07, 6.45) is 0. The lowest BCUT2D eigenvalue weighted by Crippen LogP contribution is -2.05. The van der Waals surface area contributed by atoms with Crippen LogP contribution in [0.4, 0.5) is 0 Å². The van der Waals surface area contributed by atoms with Crippen LogP contribution in [0, 0.1) is 6.92 Å². The zero-order valence-electron chi connectivity index (χ0n) is 15.6. The molecule has 0 unspecified atom stereocenters. The maximum absolute atomic E-state index is 12.4. The van der Waals surface area contributed by atoms with Crippen molar-refractivity contribution in [3.8, 4) is 11.5 Å². The van der Waals surface area contributed by atoms with Crippen molar-refractivity contribution in [1.82, 2.24) is 0 Å².